The van der Waals surface area contributed by atoms with E-state index >= 15 is 0 Å². The minimum atomic E-state index is 0.0704. The van der Waals surface area contributed by atoms with Crippen LogP contribution < -0.4 is 5.32 Å². The number of hydrogen-bond acceptors (Lipinski definition) is 6. The molecule has 1 amide bonds. The van der Waals surface area contributed by atoms with E-state index in [0.717, 1.165) is 69.2 Å². The number of rotatable bonds is 5. The highest BCUT2D eigenvalue weighted by molar-refractivity contribution is 7.08. The molecule has 9 heteroatoms. The number of carbonyl (C=O) groups excluding carboxylic acids is 1. The van der Waals surface area contributed by atoms with Crippen LogP contribution in [0.4, 0.5) is 5.69 Å². The minimum absolute atomic E-state index is 0.0704. The standard InChI is InChI=1S/C27H21N7OS/c35-27(15-2-1-3-15)31-19-6-17(9-28-11-19)18-7-21-25(33-34-26(21)30-10-18)23-8-20-22(16-4-5-36-14-16)12-29-13-24(20)32-23/h4-15,32H,1-3H2,(H,31,35)(H,30,33,34). The smallest absolute Gasteiger partial charge is 0.227 e. The number of thiophene rings is 1. The van der Waals surface area contributed by atoms with Gasteiger partial charge in [-0.3, -0.25) is 19.9 Å². The number of anilines is 1. The Labute approximate surface area is 209 Å². The van der Waals surface area contributed by atoms with Crippen molar-refractivity contribution in [3.63, 3.8) is 0 Å². The van der Waals surface area contributed by atoms with Crippen molar-refractivity contribution in [1.82, 2.24) is 30.1 Å². The monoisotopic (exact) mass is 491 g/mol. The average Bonchev–Trinajstić information content (AvgIpc) is 3.61. The number of fused-ring (bicyclic) bond motifs is 2. The van der Waals surface area contributed by atoms with E-state index in [0.29, 0.717) is 11.3 Å². The van der Waals surface area contributed by atoms with Crippen molar-refractivity contribution in [1.29, 1.82) is 0 Å². The van der Waals surface area contributed by atoms with Gasteiger partial charge in [-0.05, 0) is 53.4 Å². The highest BCUT2D eigenvalue weighted by Crippen LogP contribution is 2.35. The summed E-state index contributed by atoms with van der Waals surface area (Å²) < 4.78 is 0. The van der Waals surface area contributed by atoms with Gasteiger partial charge in [0.15, 0.2) is 5.65 Å². The summed E-state index contributed by atoms with van der Waals surface area (Å²) in [5.74, 6) is 0.188. The van der Waals surface area contributed by atoms with Crippen LogP contribution in [-0.4, -0.2) is 36.0 Å². The number of aromatic amines is 2. The molecule has 36 heavy (non-hydrogen) atoms. The Bertz CT molecular complexity index is 1730. The van der Waals surface area contributed by atoms with Crippen LogP contribution in [0.25, 0.3) is 55.6 Å². The lowest BCUT2D eigenvalue weighted by Crippen LogP contribution is -2.28. The van der Waals surface area contributed by atoms with E-state index in [1.807, 2.05) is 18.5 Å². The molecule has 0 unspecified atom stereocenters. The highest BCUT2D eigenvalue weighted by atomic mass is 32.1. The molecule has 0 atom stereocenters. The lowest BCUT2D eigenvalue weighted by molar-refractivity contribution is -0.122. The molecule has 176 valence electrons. The number of H-pyrrole nitrogens is 2. The quantitative estimate of drug-likeness (QED) is 0.273. The Morgan fingerprint density at radius 2 is 1.86 bits per heavy atom. The summed E-state index contributed by atoms with van der Waals surface area (Å²) in [7, 11) is 0. The second kappa shape index (κ2) is 8.39. The predicted molar refractivity (Wildman–Crippen MR) is 141 cm³/mol. The lowest BCUT2D eigenvalue weighted by Gasteiger charge is -2.24. The van der Waals surface area contributed by atoms with E-state index in [2.05, 4.69) is 64.4 Å². The first-order chi connectivity index (χ1) is 17.7. The van der Waals surface area contributed by atoms with Gasteiger partial charge in [0.2, 0.25) is 5.91 Å². The van der Waals surface area contributed by atoms with Crippen LogP contribution in [0.5, 0.6) is 0 Å². The average molecular weight is 492 g/mol. The lowest BCUT2D eigenvalue weighted by atomic mass is 9.85. The number of carbonyl (C=O) groups is 1. The van der Waals surface area contributed by atoms with Gasteiger partial charge in [-0.15, -0.1) is 0 Å². The van der Waals surface area contributed by atoms with Gasteiger partial charge in [-0.1, -0.05) is 6.42 Å². The van der Waals surface area contributed by atoms with Crippen molar-refractivity contribution in [3.8, 4) is 33.6 Å². The molecule has 6 heterocycles. The topological polar surface area (TPSA) is 112 Å². The predicted octanol–water partition coefficient (Wildman–Crippen LogP) is 6.03. The van der Waals surface area contributed by atoms with Crippen LogP contribution in [0.1, 0.15) is 19.3 Å². The van der Waals surface area contributed by atoms with Gasteiger partial charge in [0.1, 0.15) is 0 Å². The second-order valence-corrected chi connectivity index (χ2v) is 9.90. The summed E-state index contributed by atoms with van der Waals surface area (Å²) in [4.78, 5) is 29.2. The molecule has 0 radical (unpaired) electrons. The third-order valence-corrected chi connectivity index (χ3v) is 7.56. The van der Waals surface area contributed by atoms with Crippen LogP contribution in [-0.2, 0) is 4.79 Å². The van der Waals surface area contributed by atoms with Crippen molar-refractivity contribution >= 4 is 44.9 Å². The van der Waals surface area contributed by atoms with Gasteiger partial charge < -0.3 is 10.3 Å². The van der Waals surface area contributed by atoms with Gasteiger partial charge >= 0.3 is 0 Å². The molecule has 0 spiro atoms. The molecule has 0 saturated heterocycles. The third kappa shape index (κ3) is 3.56. The maximum Gasteiger partial charge on any atom is 0.227 e. The maximum absolute atomic E-state index is 12.4. The first kappa shape index (κ1) is 21.0. The molecule has 3 N–H and O–H groups in total. The Kier molecular flexibility index (Phi) is 4.88. The molecule has 1 aliphatic rings. The zero-order chi connectivity index (χ0) is 24.1. The molecule has 1 fully saturated rings. The molecule has 0 bridgehead atoms. The number of amides is 1. The zero-order valence-electron chi connectivity index (χ0n) is 19.2. The summed E-state index contributed by atoms with van der Waals surface area (Å²) in [5, 5.41) is 16.8. The van der Waals surface area contributed by atoms with Crippen molar-refractivity contribution in [3.05, 3.63) is 66.0 Å². The van der Waals surface area contributed by atoms with E-state index in [1.165, 1.54) is 0 Å². The number of aromatic nitrogens is 6. The van der Waals surface area contributed by atoms with E-state index < -0.39 is 0 Å². The van der Waals surface area contributed by atoms with E-state index in [1.54, 1.807) is 29.9 Å². The number of pyridine rings is 3. The van der Waals surface area contributed by atoms with Crippen LogP contribution in [0.3, 0.4) is 0 Å². The summed E-state index contributed by atoms with van der Waals surface area (Å²) >= 11 is 1.67. The Morgan fingerprint density at radius 1 is 0.972 bits per heavy atom. The normalized spacial score (nSPS) is 13.8. The second-order valence-electron chi connectivity index (χ2n) is 9.12. The van der Waals surface area contributed by atoms with Gasteiger partial charge in [-0.2, -0.15) is 16.4 Å². The SMILES string of the molecule is O=C(Nc1cncc(-c2cnc3n[nH]c(-c4cc5c(-c6ccsc6)cncc5[nH]4)c3c2)c1)C1CCC1. The fourth-order valence-corrected chi connectivity index (χ4v) is 5.33. The van der Waals surface area contributed by atoms with Crippen LogP contribution >= 0.6 is 11.3 Å². The Hall–Kier alpha value is -4.37. The molecule has 0 aliphatic heterocycles. The Morgan fingerprint density at radius 3 is 2.69 bits per heavy atom. The summed E-state index contributed by atoms with van der Waals surface area (Å²) in [6, 6.07) is 8.22. The molecule has 7 rings (SSSR count). The third-order valence-electron chi connectivity index (χ3n) is 6.87. The van der Waals surface area contributed by atoms with Crippen molar-refractivity contribution < 1.29 is 4.79 Å². The van der Waals surface area contributed by atoms with Gasteiger partial charge in [0, 0.05) is 52.0 Å². The fourth-order valence-electron chi connectivity index (χ4n) is 4.68. The Balaban J connectivity index is 1.26. The van der Waals surface area contributed by atoms with E-state index in [4.69, 9.17) is 0 Å². The molecule has 6 aromatic heterocycles. The molecular formula is C27H21N7OS. The van der Waals surface area contributed by atoms with Crippen molar-refractivity contribution in [2.24, 2.45) is 5.92 Å². The maximum atomic E-state index is 12.4. The van der Waals surface area contributed by atoms with E-state index in [-0.39, 0.29) is 11.8 Å². The van der Waals surface area contributed by atoms with Crippen molar-refractivity contribution in [2.75, 3.05) is 5.32 Å². The largest absolute Gasteiger partial charge is 0.352 e. The van der Waals surface area contributed by atoms with Crippen LogP contribution in [0, 0.1) is 5.92 Å². The number of nitrogens with zero attached hydrogens (tertiary/aromatic N) is 4. The van der Waals surface area contributed by atoms with E-state index in [9.17, 15) is 4.79 Å². The molecule has 1 aliphatic carbocycles. The fraction of sp³-hybridized carbons (Fsp3) is 0.148. The van der Waals surface area contributed by atoms with Crippen molar-refractivity contribution in [2.45, 2.75) is 19.3 Å². The number of nitrogens with one attached hydrogen (secondary N) is 3. The van der Waals surface area contributed by atoms with Gasteiger partial charge in [-0.25, -0.2) is 4.98 Å². The first-order valence-corrected chi connectivity index (χ1v) is 12.8. The molecular weight excluding hydrogens is 470 g/mol. The first-order valence-electron chi connectivity index (χ1n) is 11.8. The summed E-state index contributed by atoms with van der Waals surface area (Å²) in [5.41, 5.74) is 8.07. The molecule has 1 saturated carbocycles. The zero-order valence-corrected chi connectivity index (χ0v) is 20.0. The van der Waals surface area contributed by atoms with Gasteiger partial charge in [0.25, 0.3) is 0 Å². The molecule has 6 aromatic rings. The molecule has 0 aromatic carbocycles. The highest BCUT2D eigenvalue weighted by Gasteiger charge is 2.25. The summed E-state index contributed by atoms with van der Waals surface area (Å²) in [6.07, 6.45) is 12.0. The van der Waals surface area contributed by atoms with Crippen LogP contribution in [0.2, 0.25) is 0 Å². The van der Waals surface area contributed by atoms with Gasteiger partial charge in [0.05, 0.1) is 35.0 Å². The molecule has 8 nitrogen and oxygen atoms in total. The van der Waals surface area contributed by atoms with Crippen LogP contribution in [0.15, 0.2) is 66.0 Å². The summed E-state index contributed by atoms with van der Waals surface area (Å²) in [6.45, 7) is 0. The minimum Gasteiger partial charge on any atom is -0.352 e. The number of hydrogen-bond donors (Lipinski definition) is 3.